The number of hydrogen-bond acceptors (Lipinski definition) is 6. The molecule has 3 aromatic rings. The first kappa shape index (κ1) is 14.5. The highest BCUT2D eigenvalue weighted by Crippen LogP contribution is 2.36. The number of rotatable bonds is 6. The number of anilines is 2. The maximum absolute atomic E-state index is 11.0. The number of nitrogens with one attached hydrogen (secondary N) is 2. The fraction of sp³-hybridized carbons (Fsp3) is 0.267. The minimum Gasteiger partial charge on any atom is -0.384 e. The monoisotopic (exact) mass is 315 g/mol. The molecule has 22 heavy (non-hydrogen) atoms. The van der Waals surface area contributed by atoms with Crippen LogP contribution in [0.15, 0.2) is 24.4 Å². The predicted octanol–water partition coefficient (Wildman–Crippen LogP) is 3.05. The number of aromatic nitrogens is 3. The number of nitrogens with two attached hydrogens (primary N) is 1. The quantitative estimate of drug-likeness (QED) is 0.607. The number of nitrogens with zero attached hydrogens (tertiary/aromatic N) is 2. The Labute approximate surface area is 131 Å². The summed E-state index contributed by atoms with van der Waals surface area (Å²) < 4.78 is 1.06. The summed E-state index contributed by atoms with van der Waals surface area (Å²) in [4.78, 5) is 16.4. The van der Waals surface area contributed by atoms with Crippen molar-refractivity contribution in [2.45, 2.75) is 19.8 Å². The first-order valence-corrected chi connectivity index (χ1v) is 7.88. The molecule has 0 unspecified atom stereocenters. The highest BCUT2D eigenvalue weighted by Gasteiger charge is 2.11. The molecule has 6 nitrogen and oxygen atoms in total. The third kappa shape index (κ3) is 3.09. The number of ketones is 1. The molecule has 0 fully saturated rings. The van der Waals surface area contributed by atoms with Gasteiger partial charge in [-0.15, -0.1) is 11.3 Å². The van der Waals surface area contributed by atoms with Crippen LogP contribution in [0.4, 0.5) is 11.5 Å². The summed E-state index contributed by atoms with van der Waals surface area (Å²) in [7, 11) is 0. The van der Waals surface area contributed by atoms with Gasteiger partial charge in [0.25, 0.3) is 0 Å². The summed E-state index contributed by atoms with van der Waals surface area (Å²) >= 11 is 1.64. The Bertz CT molecular complexity index is 794. The van der Waals surface area contributed by atoms with Gasteiger partial charge in [0, 0.05) is 25.2 Å². The molecule has 0 atom stereocenters. The van der Waals surface area contributed by atoms with Gasteiger partial charge >= 0.3 is 0 Å². The minimum atomic E-state index is 0.207. The number of H-pyrrole nitrogens is 1. The van der Waals surface area contributed by atoms with Crippen molar-refractivity contribution in [1.29, 1.82) is 0 Å². The molecule has 3 heterocycles. The lowest BCUT2D eigenvalue weighted by atomic mass is 10.2. The Morgan fingerprint density at radius 3 is 3.05 bits per heavy atom. The smallest absolute Gasteiger partial charge is 0.129 e. The number of fused-ring (bicyclic) bond motifs is 1. The molecule has 114 valence electrons. The standard InChI is InChI=1S/C15H17N5OS/c1-9(21)3-2-5-17-11-8-14(16)19-12-7-13(22-15(11)12)10-4-6-18-20-10/h4,6-8H,2-3,5H2,1H3,(H,18,20)(H3,16,17,19). The van der Waals surface area contributed by atoms with Crippen LogP contribution in [-0.2, 0) is 4.79 Å². The van der Waals surface area contributed by atoms with E-state index in [9.17, 15) is 4.79 Å². The number of hydrogen-bond donors (Lipinski definition) is 3. The van der Waals surface area contributed by atoms with E-state index >= 15 is 0 Å². The molecule has 3 rings (SSSR count). The van der Waals surface area contributed by atoms with E-state index in [1.54, 1.807) is 24.5 Å². The first-order valence-electron chi connectivity index (χ1n) is 7.06. The van der Waals surface area contributed by atoms with Crippen molar-refractivity contribution in [2.24, 2.45) is 0 Å². The molecule has 0 aliphatic rings. The van der Waals surface area contributed by atoms with Gasteiger partial charge in [0.05, 0.1) is 26.5 Å². The van der Waals surface area contributed by atoms with Gasteiger partial charge in [0.2, 0.25) is 0 Å². The van der Waals surface area contributed by atoms with Gasteiger partial charge in [0.1, 0.15) is 11.6 Å². The Hall–Kier alpha value is -2.41. The Morgan fingerprint density at radius 1 is 1.45 bits per heavy atom. The lowest BCUT2D eigenvalue weighted by Crippen LogP contribution is -2.04. The molecular weight excluding hydrogens is 298 g/mol. The normalized spacial score (nSPS) is 11.0. The van der Waals surface area contributed by atoms with Crippen molar-refractivity contribution in [3.63, 3.8) is 0 Å². The molecule has 0 amide bonds. The summed E-state index contributed by atoms with van der Waals surface area (Å²) in [6, 6.07) is 5.77. The predicted molar refractivity (Wildman–Crippen MR) is 90.0 cm³/mol. The third-order valence-electron chi connectivity index (χ3n) is 3.29. The number of nitrogen functional groups attached to an aromatic ring is 1. The Morgan fingerprint density at radius 2 is 2.32 bits per heavy atom. The third-order valence-corrected chi connectivity index (χ3v) is 4.48. The second-order valence-corrected chi connectivity index (χ2v) is 6.17. The topological polar surface area (TPSA) is 96.7 Å². The molecule has 4 N–H and O–H groups in total. The first-order chi connectivity index (χ1) is 10.6. The molecule has 7 heteroatoms. The number of pyridine rings is 1. The van der Waals surface area contributed by atoms with E-state index in [1.807, 2.05) is 18.2 Å². The van der Waals surface area contributed by atoms with Gasteiger partial charge in [-0.3, -0.25) is 5.10 Å². The lowest BCUT2D eigenvalue weighted by Gasteiger charge is -2.07. The van der Waals surface area contributed by atoms with Crippen LogP contribution in [0.3, 0.4) is 0 Å². The van der Waals surface area contributed by atoms with E-state index < -0.39 is 0 Å². The second kappa shape index (κ2) is 6.15. The van der Waals surface area contributed by atoms with Gasteiger partial charge in [-0.25, -0.2) is 4.98 Å². The number of aromatic amines is 1. The largest absolute Gasteiger partial charge is 0.384 e. The lowest BCUT2D eigenvalue weighted by molar-refractivity contribution is -0.117. The maximum Gasteiger partial charge on any atom is 0.129 e. The van der Waals surface area contributed by atoms with E-state index in [2.05, 4.69) is 20.5 Å². The van der Waals surface area contributed by atoms with E-state index in [0.29, 0.717) is 12.2 Å². The molecule has 3 aromatic heterocycles. The van der Waals surface area contributed by atoms with Crippen molar-refractivity contribution in [3.8, 4) is 10.6 Å². The average Bonchev–Trinajstić information content (AvgIpc) is 3.11. The molecule has 0 saturated carbocycles. The van der Waals surface area contributed by atoms with Crippen LogP contribution < -0.4 is 11.1 Å². The van der Waals surface area contributed by atoms with Gasteiger partial charge in [-0.2, -0.15) is 5.10 Å². The molecule has 0 aliphatic heterocycles. The highest BCUT2D eigenvalue weighted by molar-refractivity contribution is 7.22. The van der Waals surface area contributed by atoms with Crippen molar-refractivity contribution >= 4 is 38.8 Å². The summed E-state index contributed by atoms with van der Waals surface area (Å²) in [5, 5.41) is 10.3. The van der Waals surface area contributed by atoms with Gasteiger partial charge < -0.3 is 15.8 Å². The summed E-state index contributed by atoms with van der Waals surface area (Å²) in [5.41, 5.74) is 8.67. The van der Waals surface area contributed by atoms with E-state index in [4.69, 9.17) is 5.73 Å². The summed E-state index contributed by atoms with van der Waals surface area (Å²) in [6.07, 6.45) is 3.11. The maximum atomic E-state index is 11.0. The van der Waals surface area contributed by atoms with E-state index in [-0.39, 0.29) is 5.78 Å². The Balaban J connectivity index is 1.87. The van der Waals surface area contributed by atoms with Crippen LogP contribution in [0.1, 0.15) is 19.8 Å². The van der Waals surface area contributed by atoms with Crippen LogP contribution in [0, 0.1) is 0 Å². The molecule has 0 radical (unpaired) electrons. The molecule has 0 aliphatic carbocycles. The average molecular weight is 315 g/mol. The molecule has 0 spiro atoms. The second-order valence-electron chi connectivity index (χ2n) is 5.12. The van der Waals surface area contributed by atoms with Gasteiger partial charge in [0.15, 0.2) is 0 Å². The van der Waals surface area contributed by atoms with Crippen molar-refractivity contribution in [3.05, 3.63) is 24.4 Å². The van der Waals surface area contributed by atoms with Crippen LogP contribution >= 0.6 is 11.3 Å². The van der Waals surface area contributed by atoms with E-state index in [1.165, 1.54) is 0 Å². The number of carbonyl (C=O) groups is 1. The van der Waals surface area contributed by atoms with Crippen LogP contribution in [0.2, 0.25) is 0 Å². The van der Waals surface area contributed by atoms with Crippen molar-refractivity contribution in [2.75, 3.05) is 17.6 Å². The van der Waals surface area contributed by atoms with Crippen LogP contribution in [-0.4, -0.2) is 27.5 Å². The highest BCUT2D eigenvalue weighted by atomic mass is 32.1. The zero-order valence-electron chi connectivity index (χ0n) is 12.2. The molecule has 0 bridgehead atoms. The molecule has 0 aromatic carbocycles. The molecule has 0 saturated heterocycles. The molecular formula is C15H17N5OS. The summed E-state index contributed by atoms with van der Waals surface area (Å²) in [6.45, 7) is 2.34. The van der Waals surface area contributed by atoms with Gasteiger partial charge in [-0.1, -0.05) is 0 Å². The van der Waals surface area contributed by atoms with Crippen molar-refractivity contribution < 1.29 is 4.79 Å². The number of carbonyl (C=O) groups excluding carboxylic acids is 1. The Kier molecular flexibility index (Phi) is 4.06. The fourth-order valence-corrected chi connectivity index (χ4v) is 3.32. The zero-order chi connectivity index (χ0) is 15.5. The fourth-order valence-electron chi connectivity index (χ4n) is 2.26. The SMILES string of the molecule is CC(=O)CCCNc1cc(N)nc2cc(-c3ccn[nH]3)sc12. The van der Waals surface area contributed by atoms with Crippen LogP contribution in [0.25, 0.3) is 20.8 Å². The number of Topliss-reactive ketones (excluding diaryl/α,β-unsaturated/α-hetero) is 1. The van der Waals surface area contributed by atoms with Gasteiger partial charge in [-0.05, 0) is 25.5 Å². The van der Waals surface area contributed by atoms with Crippen molar-refractivity contribution in [1.82, 2.24) is 15.2 Å². The van der Waals surface area contributed by atoms with Crippen LogP contribution in [0.5, 0.6) is 0 Å². The summed E-state index contributed by atoms with van der Waals surface area (Å²) in [5.74, 6) is 0.689. The zero-order valence-corrected chi connectivity index (χ0v) is 13.0. The van der Waals surface area contributed by atoms with E-state index in [0.717, 1.165) is 39.4 Å². The minimum absolute atomic E-state index is 0.207. The number of thiophene rings is 1.